The second-order valence-electron chi connectivity index (χ2n) is 3.72. The number of H-pyrrole nitrogens is 1. The number of aromatic amines is 1. The largest absolute Gasteiger partial charge is 0.396 e. The van der Waals surface area contributed by atoms with Crippen molar-refractivity contribution in [2.75, 3.05) is 10.5 Å². The predicted molar refractivity (Wildman–Crippen MR) is 64.9 cm³/mol. The van der Waals surface area contributed by atoms with E-state index in [2.05, 4.69) is 14.9 Å². The van der Waals surface area contributed by atoms with Crippen molar-refractivity contribution in [1.29, 1.82) is 0 Å². The second kappa shape index (κ2) is 4.30. The summed E-state index contributed by atoms with van der Waals surface area (Å²) in [5.74, 6) is -0.399. The van der Waals surface area contributed by atoms with Gasteiger partial charge in [0, 0.05) is 5.56 Å². The molecule has 2 rings (SSSR count). The zero-order chi connectivity index (χ0) is 13.3. The summed E-state index contributed by atoms with van der Waals surface area (Å²) < 4.78 is 39.2. The molecule has 0 aliphatic heterocycles. The van der Waals surface area contributed by atoms with Gasteiger partial charge >= 0.3 is 0 Å². The maximum Gasteiger partial charge on any atom is 0.263 e. The van der Waals surface area contributed by atoms with Gasteiger partial charge in [-0.15, -0.1) is 0 Å². The zero-order valence-electron chi connectivity index (χ0n) is 9.44. The standard InChI is InChI=1S/C10H11FN4O2S/c1-6-5-13-14-10(6)15-18(16,17)7-2-3-8(11)9(12)4-7/h2-5H,12H2,1H3,(H2,13,14,15). The van der Waals surface area contributed by atoms with Gasteiger partial charge in [-0.05, 0) is 25.1 Å². The molecule has 1 heterocycles. The van der Waals surface area contributed by atoms with Crippen LogP contribution in [0, 0.1) is 12.7 Å². The van der Waals surface area contributed by atoms with Gasteiger partial charge in [0.15, 0.2) is 0 Å². The summed E-state index contributed by atoms with van der Waals surface area (Å²) in [5, 5.41) is 6.21. The van der Waals surface area contributed by atoms with E-state index in [1.54, 1.807) is 6.92 Å². The van der Waals surface area contributed by atoms with Gasteiger partial charge in [-0.2, -0.15) is 5.10 Å². The maximum absolute atomic E-state index is 13.0. The Morgan fingerprint density at radius 2 is 2.17 bits per heavy atom. The molecule has 0 fully saturated rings. The van der Waals surface area contributed by atoms with Crippen LogP contribution in [0.1, 0.15) is 5.56 Å². The number of anilines is 2. The van der Waals surface area contributed by atoms with Crippen molar-refractivity contribution < 1.29 is 12.8 Å². The van der Waals surface area contributed by atoms with Crippen molar-refractivity contribution >= 4 is 21.5 Å². The van der Waals surface area contributed by atoms with Crippen molar-refractivity contribution in [3.63, 3.8) is 0 Å². The first-order valence-corrected chi connectivity index (χ1v) is 6.46. The number of halogens is 1. The minimum atomic E-state index is -3.81. The van der Waals surface area contributed by atoms with Gasteiger partial charge < -0.3 is 5.73 Å². The average molecular weight is 270 g/mol. The SMILES string of the molecule is Cc1cn[nH]c1NS(=O)(=O)c1ccc(F)c(N)c1. The van der Waals surface area contributed by atoms with E-state index in [1.165, 1.54) is 6.20 Å². The molecule has 0 bridgehead atoms. The van der Waals surface area contributed by atoms with Gasteiger partial charge in [0.2, 0.25) is 0 Å². The van der Waals surface area contributed by atoms with E-state index >= 15 is 0 Å². The molecule has 6 nitrogen and oxygen atoms in total. The molecule has 0 amide bonds. The van der Waals surface area contributed by atoms with Gasteiger partial charge in [-0.1, -0.05) is 0 Å². The van der Waals surface area contributed by atoms with E-state index in [1.807, 2.05) is 0 Å². The Balaban J connectivity index is 2.37. The van der Waals surface area contributed by atoms with E-state index in [0.717, 1.165) is 18.2 Å². The van der Waals surface area contributed by atoms with Crippen LogP contribution in [0.3, 0.4) is 0 Å². The van der Waals surface area contributed by atoms with Crippen molar-refractivity contribution in [3.05, 3.63) is 35.8 Å². The van der Waals surface area contributed by atoms with Gasteiger partial charge in [0.1, 0.15) is 11.6 Å². The molecule has 0 radical (unpaired) electrons. The smallest absolute Gasteiger partial charge is 0.263 e. The van der Waals surface area contributed by atoms with Crippen LogP contribution in [-0.4, -0.2) is 18.6 Å². The number of nitrogens with zero attached hydrogens (tertiary/aromatic N) is 1. The number of rotatable bonds is 3. The van der Waals surface area contributed by atoms with Crippen molar-refractivity contribution in [3.8, 4) is 0 Å². The molecule has 4 N–H and O–H groups in total. The van der Waals surface area contributed by atoms with Crippen LogP contribution in [0.15, 0.2) is 29.3 Å². The molecule has 96 valence electrons. The maximum atomic E-state index is 13.0. The van der Waals surface area contributed by atoms with Gasteiger partial charge in [0.25, 0.3) is 10.0 Å². The van der Waals surface area contributed by atoms with E-state index in [-0.39, 0.29) is 16.4 Å². The number of nitrogens with one attached hydrogen (secondary N) is 2. The van der Waals surface area contributed by atoms with Crippen LogP contribution in [0.2, 0.25) is 0 Å². The molecule has 18 heavy (non-hydrogen) atoms. The van der Waals surface area contributed by atoms with E-state index in [0.29, 0.717) is 5.56 Å². The molecule has 0 unspecified atom stereocenters. The molecular formula is C10H11FN4O2S. The molecule has 0 aliphatic carbocycles. The normalized spacial score (nSPS) is 11.4. The fourth-order valence-electron chi connectivity index (χ4n) is 1.33. The molecule has 1 aromatic heterocycles. The third-order valence-electron chi connectivity index (χ3n) is 2.34. The quantitative estimate of drug-likeness (QED) is 0.730. The number of nitrogens with two attached hydrogens (primary N) is 1. The Morgan fingerprint density at radius 3 is 2.72 bits per heavy atom. The number of nitrogen functional groups attached to an aromatic ring is 1. The summed E-state index contributed by atoms with van der Waals surface area (Å²) in [6, 6.07) is 3.20. The first kappa shape index (κ1) is 12.4. The summed E-state index contributed by atoms with van der Waals surface area (Å²) >= 11 is 0. The summed E-state index contributed by atoms with van der Waals surface area (Å²) in [4.78, 5) is -0.115. The lowest BCUT2D eigenvalue weighted by Gasteiger charge is -2.07. The first-order chi connectivity index (χ1) is 8.40. The lowest BCUT2D eigenvalue weighted by Crippen LogP contribution is -2.14. The highest BCUT2D eigenvalue weighted by Gasteiger charge is 2.17. The second-order valence-corrected chi connectivity index (χ2v) is 5.40. The van der Waals surface area contributed by atoms with Gasteiger partial charge in [-0.25, -0.2) is 12.8 Å². The van der Waals surface area contributed by atoms with Crippen LogP contribution in [-0.2, 0) is 10.0 Å². The highest BCUT2D eigenvalue weighted by atomic mass is 32.2. The zero-order valence-corrected chi connectivity index (χ0v) is 10.3. The molecule has 1 aromatic carbocycles. The number of aromatic nitrogens is 2. The van der Waals surface area contributed by atoms with E-state index in [4.69, 9.17) is 5.73 Å². The van der Waals surface area contributed by atoms with E-state index in [9.17, 15) is 12.8 Å². The van der Waals surface area contributed by atoms with Crippen molar-refractivity contribution in [1.82, 2.24) is 10.2 Å². The Morgan fingerprint density at radius 1 is 1.44 bits per heavy atom. The average Bonchev–Trinajstić information content (AvgIpc) is 2.67. The highest BCUT2D eigenvalue weighted by molar-refractivity contribution is 7.92. The van der Waals surface area contributed by atoms with E-state index < -0.39 is 15.8 Å². The topological polar surface area (TPSA) is 101 Å². The summed E-state index contributed by atoms with van der Waals surface area (Å²) in [6.07, 6.45) is 1.48. The fourth-order valence-corrected chi connectivity index (χ4v) is 2.45. The van der Waals surface area contributed by atoms with Crippen LogP contribution >= 0.6 is 0 Å². The lowest BCUT2D eigenvalue weighted by molar-refractivity contribution is 0.600. The van der Waals surface area contributed by atoms with Crippen LogP contribution in [0.25, 0.3) is 0 Å². The van der Waals surface area contributed by atoms with Crippen molar-refractivity contribution in [2.45, 2.75) is 11.8 Å². The minimum absolute atomic E-state index is 0.115. The predicted octanol–water partition coefficient (Wildman–Crippen LogP) is 1.24. The Labute approximate surface area is 103 Å². The van der Waals surface area contributed by atoms with Gasteiger partial charge in [-0.3, -0.25) is 9.82 Å². The molecule has 8 heteroatoms. The first-order valence-electron chi connectivity index (χ1n) is 4.98. The summed E-state index contributed by atoms with van der Waals surface area (Å²) in [7, 11) is -3.81. The third-order valence-corrected chi connectivity index (χ3v) is 3.69. The molecule has 0 atom stereocenters. The number of aryl methyl sites for hydroxylation is 1. The Kier molecular flexibility index (Phi) is 2.95. The number of hydrogen-bond donors (Lipinski definition) is 3. The highest BCUT2D eigenvalue weighted by Crippen LogP contribution is 2.20. The lowest BCUT2D eigenvalue weighted by atomic mass is 10.3. The van der Waals surface area contributed by atoms with Gasteiger partial charge in [0.05, 0.1) is 16.8 Å². The number of benzene rings is 1. The summed E-state index contributed by atoms with van der Waals surface area (Å²) in [5.41, 5.74) is 5.76. The molecule has 2 aromatic rings. The third kappa shape index (κ3) is 2.28. The monoisotopic (exact) mass is 270 g/mol. The van der Waals surface area contributed by atoms with Crippen molar-refractivity contribution in [2.24, 2.45) is 0 Å². The molecule has 0 spiro atoms. The fraction of sp³-hybridized carbons (Fsp3) is 0.100. The minimum Gasteiger partial charge on any atom is -0.396 e. The summed E-state index contributed by atoms with van der Waals surface area (Å²) in [6.45, 7) is 1.69. The Bertz CT molecular complexity index is 681. The Hall–Kier alpha value is -2.09. The molecule has 0 saturated carbocycles. The molecule has 0 saturated heterocycles. The van der Waals surface area contributed by atoms with Crippen LogP contribution in [0.4, 0.5) is 15.9 Å². The molecule has 0 aliphatic rings. The number of hydrogen-bond acceptors (Lipinski definition) is 4. The van der Waals surface area contributed by atoms with Crippen LogP contribution in [0.5, 0.6) is 0 Å². The number of sulfonamides is 1. The van der Waals surface area contributed by atoms with Crippen LogP contribution < -0.4 is 10.5 Å². The molecular weight excluding hydrogens is 259 g/mol.